The molecule has 1 atom stereocenters. The largest absolute Gasteiger partial charge is 0.497 e. The number of anilines is 1. The fraction of sp³-hybridized carbons (Fsp3) is 0.281. The first-order valence-corrected chi connectivity index (χ1v) is 14.0. The molecule has 4 aromatic rings. The van der Waals surface area contributed by atoms with Gasteiger partial charge in [-0.25, -0.2) is 4.98 Å². The summed E-state index contributed by atoms with van der Waals surface area (Å²) in [7, 11) is 1.62. The van der Waals surface area contributed by atoms with Gasteiger partial charge in [0.05, 0.1) is 18.9 Å². The summed E-state index contributed by atoms with van der Waals surface area (Å²) in [5, 5.41) is 3.50. The summed E-state index contributed by atoms with van der Waals surface area (Å²) in [5.74, 6) is 0.485. The number of aromatic nitrogens is 2. The van der Waals surface area contributed by atoms with E-state index in [2.05, 4.69) is 18.3 Å². The van der Waals surface area contributed by atoms with Crippen molar-refractivity contribution in [1.29, 1.82) is 0 Å². The molecule has 1 aromatic heterocycles. The van der Waals surface area contributed by atoms with Crippen molar-refractivity contribution >= 4 is 29.4 Å². The average Bonchev–Trinajstić information content (AvgIpc) is 3.64. The number of amides is 2. The molecule has 0 spiro atoms. The topological polar surface area (TPSA) is 85.7 Å². The molecule has 1 aliphatic heterocycles. The molecule has 1 N–H and O–H groups in total. The lowest BCUT2D eigenvalue weighted by Gasteiger charge is -2.25. The normalized spacial score (nSPS) is 14.6. The summed E-state index contributed by atoms with van der Waals surface area (Å²) in [6.07, 6.45) is 3.55. The van der Waals surface area contributed by atoms with Crippen molar-refractivity contribution in [2.45, 2.75) is 32.8 Å². The standard InChI is InChI=1S/C32H33ClN4O4/c1-21-6-13-26(17-22(21)2)37-19-29(23-9-14-27(40-3)15-10-23)34-32(37)35-30(38)20-36(18-28-5-4-16-41-28)31(39)24-7-11-25(33)12-8-24/h6-15,17,19,28H,4-5,16,18,20H2,1-3H3,(H,34,35,38). The number of aryl methyl sites for hydroxylation is 2. The minimum absolute atomic E-state index is 0.113. The third-order valence-electron chi connectivity index (χ3n) is 7.27. The Hall–Kier alpha value is -4.14. The van der Waals surface area contributed by atoms with E-state index in [1.807, 2.05) is 54.1 Å². The highest BCUT2D eigenvalue weighted by Gasteiger charge is 2.26. The van der Waals surface area contributed by atoms with Gasteiger partial charge in [0.15, 0.2) is 0 Å². The Balaban J connectivity index is 1.43. The summed E-state index contributed by atoms with van der Waals surface area (Å²) in [6, 6.07) is 20.3. The Bertz CT molecular complexity index is 1530. The smallest absolute Gasteiger partial charge is 0.254 e. The maximum atomic E-state index is 13.5. The van der Waals surface area contributed by atoms with E-state index in [1.54, 1.807) is 31.4 Å². The Labute approximate surface area is 244 Å². The van der Waals surface area contributed by atoms with Crippen molar-refractivity contribution in [1.82, 2.24) is 14.5 Å². The number of benzene rings is 3. The molecule has 1 saturated heterocycles. The minimum Gasteiger partial charge on any atom is -0.497 e. The van der Waals surface area contributed by atoms with E-state index >= 15 is 0 Å². The summed E-state index contributed by atoms with van der Waals surface area (Å²) in [5.41, 5.74) is 5.18. The number of imidazole rings is 1. The molecule has 0 radical (unpaired) electrons. The Morgan fingerprint density at radius 3 is 2.49 bits per heavy atom. The third kappa shape index (κ3) is 6.78. The van der Waals surface area contributed by atoms with Gasteiger partial charge in [-0.15, -0.1) is 0 Å². The molecule has 1 unspecified atom stereocenters. The van der Waals surface area contributed by atoms with Crippen molar-refractivity contribution in [3.05, 3.63) is 94.6 Å². The highest BCUT2D eigenvalue weighted by atomic mass is 35.5. The van der Waals surface area contributed by atoms with Crippen LogP contribution >= 0.6 is 11.6 Å². The SMILES string of the molecule is COc1ccc(-c2cn(-c3ccc(C)c(C)c3)c(NC(=O)CN(CC3CCCO3)C(=O)c3ccc(Cl)cc3)n2)cc1. The van der Waals surface area contributed by atoms with Crippen LogP contribution in [0.15, 0.2) is 72.9 Å². The van der Waals surface area contributed by atoms with E-state index in [1.165, 1.54) is 10.5 Å². The first kappa shape index (κ1) is 28.4. The summed E-state index contributed by atoms with van der Waals surface area (Å²) in [6.45, 7) is 4.92. The number of hydrogen-bond donors (Lipinski definition) is 1. The van der Waals surface area contributed by atoms with Gasteiger partial charge in [0, 0.05) is 41.2 Å². The maximum absolute atomic E-state index is 13.5. The molecule has 212 valence electrons. The van der Waals surface area contributed by atoms with Crippen LogP contribution in [0.5, 0.6) is 5.75 Å². The van der Waals surface area contributed by atoms with E-state index in [4.69, 9.17) is 26.1 Å². The van der Waals surface area contributed by atoms with Gasteiger partial charge in [-0.3, -0.25) is 19.5 Å². The molecule has 1 aliphatic rings. The molecule has 9 heteroatoms. The lowest BCUT2D eigenvalue weighted by Crippen LogP contribution is -2.42. The second-order valence-corrected chi connectivity index (χ2v) is 10.6. The molecule has 8 nitrogen and oxygen atoms in total. The molecule has 0 bridgehead atoms. The van der Waals surface area contributed by atoms with E-state index in [0.29, 0.717) is 35.4 Å². The number of halogens is 1. The minimum atomic E-state index is -0.359. The van der Waals surface area contributed by atoms with Crippen LogP contribution in [0, 0.1) is 13.8 Å². The van der Waals surface area contributed by atoms with E-state index in [-0.39, 0.29) is 24.5 Å². The highest BCUT2D eigenvalue weighted by molar-refractivity contribution is 6.30. The van der Waals surface area contributed by atoms with Crippen molar-refractivity contribution in [2.75, 3.05) is 32.1 Å². The summed E-state index contributed by atoms with van der Waals surface area (Å²) < 4.78 is 12.9. The van der Waals surface area contributed by atoms with Gasteiger partial charge >= 0.3 is 0 Å². The molecular weight excluding hydrogens is 540 g/mol. The molecule has 0 saturated carbocycles. The van der Waals surface area contributed by atoms with Crippen LogP contribution < -0.4 is 10.1 Å². The van der Waals surface area contributed by atoms with Crippen molar-refractivity contribution < 1.29 is 19.1 Å². The van der Waals surface area contributed by atoms with Crippen LogP contribution in [0.3, 0.4) is 0 Å². The second-order valence-electron chi connectivity index (χ2n) is 10.2. The van der Waals surface area contributed by atoms with Crippen LogP contribution in [0.2, 0.25) is 5.02 Å². The molecule has 2 amide bonds. The number of methoxy groups -OCH3 is 1. The van der Waals surface area contributed by atoms with Gasteiger partial charge in [-0.1, -0.05) is 17.7 Å². The van der Waals surface area contributed by atoms with Gasteiger partial charge in [0.2, 0.25) is 11.9 Å². The van der Waals surface area contributed by atoms with Crippen LogP contribution in [0.1, 0.15) is 34.3 Å². The van der Waals surface area contributed by atoms with Gasteiger partial charge in [-0.2, -0.15) is 0 Å². The summed E-state index contributed by atoms with van der Waals surface area (Å²) >= 11 is 6.03. The predicted molar refractivity (Wildman–Crippen MR) is 160 cm³/mol. The van der Waals surface area contributed by atoms with Gasteiger partial charge < -0.3 is 14.4 Å². The van der Waals surface area contributed by atoms with Crippen LogP contribution in [0.4, 0.5) is 5.95 Å². The van der Waals surface area contributed by atoms with Gasteiger partial charge in [-0.05, 0) is 98.5 Å². The number of rotatable bonds is 9. The van der Waals surface area contributed by atoms with Crippen LogP contribution in [-0.4, -0.2) is 59.2 Å². The van der Waals surface area contributed by atoms with Crippen molar-refractivity contribution in [3.8, 4) is 22.7 Å². The van der Waals surface area contributed by atoms with Crippen LogP contribution in [0.25, 0.3) is 16.9 Å². The lowest BCUT2D eigenvalue weighted by molar-refractivity contribution is -0.117. The van der Waals surface area contributed by atoms with Crippen LogP contribution in [-0.2, 0) is 9.53 Å². The number of carbonyl (C=O) groups excluding carboxylic acids is 2. The Kier molecular flexibility index (Phi) is 8.71. The number of ether oxygens (including phenoxy) is 2. The molecule has 41 heavy (non-hydrogen) atoms. The number of nitrogens with one attached hydrogen (secondary N) is 1. The Morgan fingerprint density at radius 1 is 1.07 bits per heavy atom. The van der Waals surface area contributed by atoms with Gasteiger partial charge in [0.25, 0.3) is 5.91 Å². The molecule has 0 aliphatic carbocycles. The maximum Gasteiger partial charge on any atom is 0.254 e. The highest BCUT2D eigenvalue weighted by Crippen LogP contribution is 2.27. The van der Waals surface area contributed by atoms with E-state index in [0.717, 1.165) is 35.4 Å². The van der Waals surface area contributed by atoms with Crippen molar-refractivity contribution in [2.24, 2.45) is 0 Å². The van der Waals surface area contributed by atoms with E-state index < -0.39 is 0 Å². The van der Waals surface area contributed by atoms with Gasteiger partial charge in [0.1, 0.15) is 12.3 Å². The molecular formula is C32H33ClN4O4. The quantitative estimate of drug-likeness (QED) is 0.263. The zero-order chi connectivity index (χ0) is 28.9. The monoisotopic (exact) mass is 572 g/mol. The predicted octanol–water partition coefficient (Wildman–Crippen LogP) is 6.08. The summed E-state index contributed by atoms with van der Waals surface area (Å²) in [4.78, 5) is 33.2. The lowest BCUT2D eigenvalue weighted by atomic mass is 10.1. The third-order valence-corrected chi connectivity index (χ3v) is 7.52. The second kappa shape index (κ2) is 12.6. The molecule has 3 aromatic carbocycles. The fourth-order valence-corrected chi connectivity index (χ4v) is 4.93. The number of carbonyl (C=O) groups is 2. The number of nitrogens with zero attached hydrogens (tertiary/aromatic N) is 3. The zero-order valence-corrected chi connectivity index (χ0v) is 24.1. The fourth-order valence-electron chi connectivity index (χ4n) is 4.81. The Morgan fingerprint density at radius 2 is 1.83 bits per heavy atom. The van der Waals surface area contributed by atoms with E-state index in [9.17, 15) is 9.59 Å². The zero-order valence-electron chi connectivity index (χ0n) is 23.4. The average molecular weight is 573 g/mol. The van der Waals surface area contributed by atoms with Crippen molar-refractivity contribution in [3.63, 3.8) is 0 Å². The molecule has 2 heterocycles. The number of hydrogen-bond acceptors (Lipinski definition) is 5. The first-order chi connectivity index (χ1) is 19.8. The molecule has 1 fully saturated rings. The molecule has 5 rings (SSSR count). The first-order valence-electron chi connectivity index (χ1n) is 13.6.